The first-order chi connectivity index (χ1) is 17.2. The Morgan fingerprint density at radius 1 is 1.14 bits per heavy atom. The molecule has 190 valence electrons. The highest BCUT2D eigenvalue weighted by molar-refractivity contribution is 6.05. The maximum Gasteiger partial charge on any atom is 0.417 e. The highest BCUT2D eigenvalue weighted by Gasteiger charge is 2.37. The van der Waals surface area contributed by atoms with Gasteiger partial charge in [-0.15, -0.1) is 0 Å². The average molecular weight is 501 g/mol. The van der Waals surface area contributed by atoms with Gasteiger partial charge < -0.3 is 9.47 Å². The first-order valence-corrected chi connectivity index (χ1v) is 11.6. The monoisotopic (exact) mass is 500 g/mol. The lowest BCUT2D eigenvalue weighted by molar-refractivity contribution is -0.137. The van der Waals surface area contributed by atoms with Gasteiger partial charge in [-0.3, -0.25) is 9.69 Å². The summed E-state index contributed by atoms with van der Waals surface area (Å²) >= 11 is 0. The average Bonchev–Trinajstić information content (AvgIpc) is 3.23. The second-order valence-electron chi connectivity index (χ2n) is 8.92. The number of halogens is 3. The van der Waals surface area contributed by atoms with Crippen molar-refractivity contribution in [2.24, 2.45) is 5.92 Å². The molecule has 3 aromatic rings. The molecule has 10 heteroatoms. The van der Waals surface area contributed by atoms with E-state index < -0.39 is 17.8 Å². The van der Waals surface area contributed by atoms with Crippen LogP contribution in [0.4, 0.5) is 13.2 Å². The molecular weight excluding hydrogens is 473 g/mol. The number of pyridine rings is 1. The Labute approximate surface area is 207 Å². The van der Waals surface area contributed by atoms with Gasteiger partial charge in [-0.05, 0) is 37.5 Å². The number of likely N-dealkylation sites (tertiary alicyclic amines) is 1. The number of ketones is 1. The first-order valence-electron chi connectivity index (χ1n) is 11.6. The summed E-state index contributed by atoms with van der Waals surface area (Å²) in [6.07, 6.45) is -0.102. The van der Waals surface area contributed by atoms with Crippen LogP contribution in [0.5, 0.6) is 11.6 Å². The van der Waals surface area contributed by atoms with Crippen molar-refractivity contribution in [2.75, 3.05) is 20.2 Å². The van der Waals surface area contributed by atoms with Crippen molar-refractivity contribution in [3.8, 4) is 23.0 Å². The van der Waals surface area contributed by atoms with Crippen LogP contribution in [0.1, 0.15) is 36.2 Å². The van der Waals surface area contributed by atoms with Crippen LogP contribution in [0.3, 0.4) is 0 Å². The largest absolute Gasteiger partial charge is 0.496 e. The van der Waals surface area contributed by atoms with Gasteiger partial charge in [0.1, 0.15) is 11.9 Å². The lowest BCUT2D eigenvalue weighted by Gasteiger charge is -2.29. The number of hydrogen-bond acceptors (Lipinski definition) is 7. The van der Waals surface area contributed by atoms with Gasteiger partial charge in [0.05, 0.1) is 24.8 Å². The molecule has 1 aromatic carbocycles. The molecule has 4 rings (SSSR count). The third-order valence-electron chi connectivity index (χ3n) is 6.25. The van der Waals surface area contributed by atoms with Crippen molar-refractivity contribution in [1.29, 1.82) is 0 Å². The molecule has 0 N–H and O–H groups in total. The Morgan fingerprint density at radius 2 is 1.89 bits per heavy atom. The van der Waals surface area contributed by atoms with E-state index in [4.69, 9.17) is 9.47 Å². The number of carbonyl (C=O) groups is 1. The molecule has 0 amide bonds. The van der Waals surface area contributed by atoms with Crippen molar-refractivity contribution in [3.05, 3.63) is 66.1 Å². The fraction of sp³-hybridized carbons (Fsp3) is 0.385. The van der Waals surface area contributed by atoms with Gasteiger partial charge in [-0.25, -0.2) is 15.0 Å². The van der Waals surface area contributed by atoms with Crippen LogP contribution in [-0.4, -0.2) is 58.0 Å². The van der Waals surface area contributed by atoms with Gasteiger partial charge in [0.25, 0.3) is 0 Å². The number of alkyl halides is 3. The lowest BCUT2D eigenvalue weighted by atomic mass is 10.00. The summed E-state index contributed by atoms with van der Waals surface area (Å²) in [5.41, 5.74) is 0.156. The van der Waals surface area contributed by atoms with E-state index in [1.807, 2.05) is 11.8 Å². The normalized spacial score (nSPS) is 19.2. The Morgan fingerprint density at radius 3 is 2.53 bits per heavy atom. The number of rotatable bonds is 8. The zero-order valence-electron chi connectivity index (χ0n) is 20.2. The topological polar surface area (TPSA) is 77.4 Å². The zero-order chi connectivity index (χ0) is 25.9. The Balaban J connectivity index is 1.53. The molecule has 0 spiro atoms. The second kappa shape index (κ2) is 10.6. The minimum Gasteiger partial charge on any atom is -0.496 e. The summed E-state index contributed by atoms with van der Waals surface area (Å²) in [6.45, 7) is 4.72. The van der Waals surface area contributed by atoms with Crippen molar-refractivity contribution in [3.63, 3.8) is 0 Å². The predicted octanol–water partition coefficient (Wildman–Crippen LogP) is 4.93. The summed E-state index contributed by atoms with van der Waals surface area (Å²) in [5, 5.41) is 0. The van der Waals surface area contributed by atoms with Crippen molar-refractivity contribution < 1.29 is 27.4 Å². The molecule has 3 heterocycles. The third kappa shape index (κ3) is 5.64. The number of hydrogen-bond donors (Lipinski definition) is 0. The van der Waals surface area contributed by atoms with E-state index in [2.05, 4.69) is 21.9 Å². The number of benzene rings is 1. The Kier molecular flexibility index (Phi) is 7.53. The van der Waals surface area contributed by atoms with Gasteiger partial charge in [-0.2, -0.15) is 13.2 Å². The SMILES string of the molecule is COc1cccc(-c2ncccn2)c1C(=O)CN1CC(C)CC1C(C)Oc1ccc(C(F)(F)F)cn1. The van der Waals surface area contributed by atoms with E-state index >= 15 is 0 Å². The third-order valence-corrected chi connectivity index (χ3v) is 6.25. The Hall–Kier alpha value is -3.53. The molecule has 0 bridgehead atoms. The standard InChI is InChI=1S/C26H27F3N4O3/c1-16-12-20(17(2)36-23-9-8-18(13-32-23)26(27,28)29)33(14-16)15-21(34)24-19(6-4-7-22(24)35-3)25-30-10-5-11-31-25/h4-11,13,16-17,20H,12,14-15H2,1-3H3. The minimum absolute atomic E-state index is 0.106. The van der Waals surface area contributed by atoms with E-state index in [1.54, 1.807) is 36.7 Å². The smallest absolute Gasteiger partial charge is 0.417 e. The number of aromatic nitrogens is 3. The Bertz CT molecular complexity index is 1190. The van der Waals surface area contributed by atoms with Crippen molar-refractivity contribution >= 4 is 5.78 Å². The molecule has 36 heavy (non-hydrogen) atoms. The summed E-state index contributed by atoms with van der Waals surface area (Å²) in [7, 11) is 1.51. The molecule has 1 saturated heterocycles. The van der Waals surface area contributed by atoms with E-state index in [1.165, 1.54) is 13.2 Å². The highest BCUT2D eigenvalue weighted by atomic mass is 19.4. The molecule has 0 saturated carbocycles. The van der Waals surface area contributed by atoms with E-state index in [9.17, 15) is 18.0 Å². The maximum absolute atomic E-state index is 13.6. The molecule has 1 fully saturated rings. The summed E-state index contributed by atoms with van der Waals surface area (Å²) in [4.78, 5) is 28.1. The van der Waals surface area contributed by atoms with E-state index in [0.29, 0.717) is 35.2 Å². The molecule has 1 aliphatic rings. The second-order valence-corrected chi connectivity index (χ2v) is 8.92. The fourth-order valence-electron chi connectivity index (χ4n) is 4.61. The number of ether oxygens (including phenoxy) is 2. The molecule has 3 unspecified atom stereocenters. The van der Waals surface area contributed by atoms with Gasteiger partial charge in [0.15, 0.2) is 11.6 Å². The quantitative estimate of drug-likeness (QED) is 0.406. The molecule has 1 aliphatic heterocycles. The predicted molar refractivity (Wildman–Crippen MR) is 127 cm³/mol. The summed E-state index contributed by atoms with van der Waals surface area (Å²) in [6, 6.07) is 9.04. The van der Waals surface area contributed by atoms with Crippen molar-refractivity contribution in [1.82, 2.24) is 19.9 Å². The van der Waals surface area contributed by atoms with Crippen molar-refractivity contribution in [2.45, 2.75) is 38.6 Å². The fourth-order valence-corrected chi connectivity index (χ4v) is 4.61. The number of carbonyl (C=O) groups excluding carboxylic acids is 1. The van der Waals surface area contributed by atoms with Crippen LogP contribution in [0.25, 0.3) is 11.4 Å². The molecule has 0 radical (unpaired) electrons. The van der Waals surface area contributed by atoms with E-state index in [0.717, 1.165) is 18.7 Å². The van der Waals surface area contributed by atoms with Crippen LogP contribution >= 0.6 is 0 Å². The van der Waals surface area contributed by atoms with Crippen LogP contribution in [0.15, 0.2) is 55.0 Å². The molecule has 7 nitrogen and oxygen atoms in total. The zero-order valence-corrected chi connectivity index (χ0v) is 20.2. The molecular formula is C26H27F3N4O3. The molecule has 2 aromatic heterocycles. The number of Topliss-reactive ketones (excluding diaryl/α,β-unsaturated/α-hetero) is 1. The van der Waals surface area contributed by atoms with Crippen LogP contribution in [-0.2, 0) is 6.18 Å². The molecule has 0 aliphatic carbocycles. The molecule has 3 atom stereocenters. The summed E-state index contributed by atoms with van der Waals surface area (Å²) in [5.74, 6) is 1.13. The van der Waals surface area contributed by atoms with Gasteiger partial charge >= 0.3 is 6.18 Å². The number of methoxy groups -OCH3 is 1. The first kappa shape index (κ1) is 25.6. The van der Waals surface area contributed by atoms with Crippen LogP contribution in [0, 0.1) is 5.92 Å². The number of nitrogens with zero attached hydrogens (tertiary/aromatic N) is 4. The van der Waals surface area contributed by atoms with Gasteiger partial charge in [0.2, 0.25) is 5.88 Å². The van der Waals surface area contributed by atoms with Gasteiger partial charge in [0, 0.05) is 42.8 Å². The van der Waals surface area contributed by atoms with E-state index in [-0.39, 0.29) is 24.2 Å². The minimum atomic E-state index is -4.46. The van der Waals surface area contributed by atoms with Crippen LogP contribution < -0.4 is 9.47 Å². The summed E-state index contributed by atoms with van der Waals surface area (Å²) < 4.78 is 49.9. The van der Waals surface area contributed by atoms with Gasteiger partial charge in [-0.1, -0.05) is 19.1 Å². The lowest BCUT2D eigenvalue weighted by Crippen LogP contribution is -2.43. The maximum atomic E-state index is 13.6. The van der Waals surface area contributed by atoms with Crippen LogP contribution in [0.2, 0.25) is 0 Å². The highest BCUT2D eigenvalue weighted by Crippen LogP contribution is 2.33.